The van der Waals surface area contributed by atoms with Gasteiger partial charge in [0.2, 0.25) is 0 Å². The van der Waals surface area contributed by atoms with Crippen LogP contribution in [0.1, 0.15) is 24.5 Å². The second-order valence-electron chi connectivity index (χ2n) is 6.07. The van der Waals surface area contributed by atoms with Gasteiger partial charge in [-0.05, 0) is 55.2 Å². The number of pyridine rings is 1. The van der Waals surface area contributed by atoms with Gasteiger partial charge in [0.25, 0.3) is 11.5 Å². The normalized spacial score (nSPS) is 13.5. The van der Waals surface area contributed by atoms with E-state index < -0.39 is 0 Å². The van der Waals surface area contributed by atoms with Gasteiger partial charge in [0.1, 0.15) is 5.69 Å². The van der Waals surface area contributed by atoms with Gasteiger partial charge in [-0.2, -0.15) is 0 Å². The highest BCUT2D eigenvalue weighted by atomic mass is 35.5. The number of halogens is 1. The molecule has 1 aliphatic heterocycles. The number of aromatic amines is 1. The number of hydrogen-bond donors (Lipinski definition) is 1. The third-order valence-electron chi connectivity index (χ3n) is 4.34. The molecular formula is C20H21ClN2O4. The highest BCUT2D eigenvalue weighted by Crippen LogP contribution is 2.36. The maximum absolute atomic E-state index is 12.7. The molecule has 1 N–H and O–H groups in total. The van der Waals surface area contributed by atoms with Crippen LogP contribution in [0.15, 0.2) is 35.3 Å². The molecule has 3 rings (SSSR count). The number of carbonyl (C=O) groups is 1. The number of aromatic nitrogens is 1. The summed E-state index contributed by atoms with van der Waals surface area (Å²) in [7, 11) is 1.52. The first-order chi connectivity index (χ1) is 13.0. The van der Waals surface area contributed by atoms with E-state index in [4.69, 9.17) is 21.1 Å². The number of hydrogen-bond acceptors (Lipinski definition) is 4. The fourth-order valence-corrected chi connectivity index (χ4v) is 3.47. The number of aryl methyl sites for hydroxylation is 1. The highest BCUT2D eigenvalue weighted by Gasteiger charge is 2.23. The fraction of sp³-hybridized carbons (Fsp3) is 0.300. The minimum atomic E-state index is -0.252. The predicted octanol–water partition coefficient (Wildman–Crippen LogP) is 3.43. The number of ether oxygens (including phenoxy) is 2. The first-order valence-electron chi connectivity index (χ1n) is 8.75. The number of carbonyl (C=O) groups excluding carboxylic acids is 1. The van der Waals surface area contributed by atoms with Crippen LogP contribution < -0.4 is 19.9 Å². The molecule has 1 aliphatic rings. The zero-order chi connectivity index (χ0) is 19.4. The van der Waals surface area contributed by atoms with Crippen molar-refractivity contribution in [1.29, 1.82) is 0 Å². The number of H-pyrrole nitrogens is 1. The largest absolute Gasteiger partial charge is 0.491 e. The number of benzene rings is 1. The van der Waals surface area contributed by atoms with E-state index in [1.807, 2.05) is 13.0 Å². The zero-order valence-electron chi connectivity index (χ0n) is 15.3. The van der Waals surface area contributed by atoms with Crippen molar-refractivity contribution < 1.29 is 14.3 Å². The Balaban J connectivity index is 1.88. The van der Waals surface area contributed by atoms with Crippen molar-refractivity contribution in [3.63, 3.8) is 0 Å². The number of fused-ring (bicyclic) bond motifs is 1. The van der Waals surface area contributed by atoms with Gasteiger partial charge in [-0.1, -0.05) is 11.6 Å². The summed E-state index contributed by atoms with van der Waals surface area (Å²) in [5.41, 5.74) is 1.77. The van der Waals surface area contributed by atoms with Gasteiger partial charge in [-0.15, -0.1) is 0 Å². The Kier molecular flexibility index (Phi) is 5.86. The van der Waals surface area contributed by atoms with Crippen LogP contribution in [0.3, 0.4) is 0 Å². The van der Waals surface area contributed by atoms with Crippen molar-refractivity contribution >= 4 is 29.3 Å². The second kappa shape index (κ2) is 8.31. The first-order valence-corrected chi connectivity index (χ1v) is 9.13. The molecule has 27 heavy (non-hydrogen) atoms. The average molecular weight is 389 g/mol. The summed E-state index contributed by atoms with van der Waals surface area (Å²) in [4.78, 5) is 29.0. The minimum absolute atomic E-state index is 0.250. The lowest BCUT2D eigenvalue weighted by Gasteiger charge is -2.27. The van der Waals surface area contributed by atoms with Gasteiger partial charge in [0.15, 0.2) is 11.5 Å². The third kappa shape index (κ3) is 4.01. The van der Waals surface area contributed by atoms with Crippen molar-refractivity contribution in [3.05, 3.63) is 57.0 Å². The van der Waals surface area contributed by atoms with E-state index in [1.165, 1.54) is 18.1 Å². The van der Waals surface area contributed by atoms with Crippen LogP contribution >= 0.6 is 11.6 Å². The van der Waals surface area contributed by atoms with Crippen molar-refractivity contribution in [2.24, 2.45) is 0 Å². The Morgan fingerprint density at radius 2 is 2.22 bits per heavy atom. The lowest BCUT2D eigenvalue weighted by molar-refractivity contribution is -0.114. The summed E-state index contributed by atoms with van der Waals surface area (Å²) in [6.45, 7) is 2.84. The van der Waals surface area contributed by atoms with Crippen LogP contribution in [0, 0.1) is 0 Å². The van der Waals surface area contributed by atoms with E-state index in [1.54, 1.807) is 24.4 Å². The second-order valence-corrected chi connectivity index (χ2v) is 6.48. The van der Waals surface area contributed by atoms with Crippen LogP contribution in [-0.2, 0) is 11.2 Å². The molecule has 0 saturated heterocycles. The van der Waals surface area contributed by atoms with Crippen LogP contribution in [0.5, 0.6) is 11.5 Å². The topological polar surface area (TPSA) is 71.6 Å². The van der Waals surface area contributed by atoms with Gasteiger partial charge in [0.05, 0.1) is 18.7 Å². The van der Waals surface area contributed by atoms with Crippen LogP contribution in [0.4, 0.5) is 5.69 Å². The Hall–Kier alpha value is -2.73. The van der Waals surface area contributed by atoms with E-state index in [0.717, 1.165) is 18.4 Å². The van der Waals surface area contributed by atoms with Gasteiger partial charge in [-0.25, -0.2) is 0 Å². The molecule has 1 aromatic carbocycles. The van der Waals surface area contributed by atoms with Crippen LogP contribution in [0.25, 0.3) is 6.08 Å². The average Bonchev–Trinajstić information content (AvgIpc) is 2.66. The first kappa shape index (κ1) is 19.0. The molecule has 0 radical (unpaired) electrons. The molecule has 0 bridgehead atoms. The number of methoxy groups -OCH3 is 1. The molecule has 0 aliphatic carbocycles. The number of amides is 1. The number of nitrogens with zero attached hydrogens (tertiary/aromatic N) is 1. The number of anilines is 1. The van der Waals surface area contributed by atoms with E-state index in [9.17, 15) is 9.59 Å². The summed E-state index contributed by atoms with van der Waals surface area (Å²) in [5, 5.41) is 0.398. The Morgan fingerprint density at radius 3 is 2.96 bits per heavy atom. The van der Waals surface area contributed by atoms with Crippen molar-refractivity contribution in [1.82, 2.24) is 4.98 Å². The molecule has 0 atom stereocenters. The van der Waals surface area contributed by atoms with Gasteiger partial charge in [-0.3, -0.25) is 9.59 Å². The third-order valence-corrected chi connectivity index (χ3v) is 4.62. The maximum atomic E-state index is 12.7. The zero-order valence-corrected chi connectivity index (χ0v) is 16.0. The van der Waals surface area contributed by atoms with Crippen molar-refractivity contribution in [3.8, 4) is 11.5 Å². The monoisotopic (exact) mass is 388 g/mol. The molecule has 142 valence electrons. The molecule has 2 aromatic rings. The molecule has 1 aromatic heterocycles. The van der Waals surface area contributed by atoms with E-state index in [2.05, 4.69) is 4.98 Å². The lowest BCUT2D eigenvalue weighted by atomic mass is 10.0. The van der Waals surface area contributed by atoms with Gasteiger partial charge < -0.3 is 19.4 Å². The fourth-order valence-electron chi connectivity index (χ4n) is 3.17. The van der Waals surface area contributed by atoms with Gasteiger partial charge in [0, 0.05) is 18.8 Å². The minimum Gasteiger partial charge on any atom is -0.491 e. The maximum Gasteiger partial charge on any atom is 0.272 e. The number of rotatable bonds is 5. The van der Waals surface area contributed by atoms with E-state index in [0.29, 0.717) is 40.9 Å². The summed E-state index contributed by atoms with van der Waals surface area (Å²) in [6.07, 6.45) is 6.31. The molecule has 0 spiro atoms. The SMILES string of the molecule is CCOc1cc(/C=C/C(=O)N2CCCc3cc[nH]c(=O)c32)cc(Cl)c1OC. The molecule has 0 saturated carbocycles. The molecule has 6 nitrogen and oxygen atoms in total. The van der Waals surface area contributed by atoms with Crippen LogP contribution in [-0.4, -0.2) is 31.2 Å². The summed E-state index contributed by atoms with van der Waals surface area (Å²) >= 11 is 6.24. The van der Waals surface area contributed by atoms with Crippen LogP contribution in [0.2, 0.25) is 5.02 Å². The van der Waals surface area contributed by atoms with E-state index >= 15 is 0 Å². The molecular weight excluding hydrogens is 368 g/mol. The van der Waals surface area contributed by atoms with Crippen molar-refractivity contribution in [2.75, 3.05) is 25.2 Å². The van der Waals surface area contributed by atoms with E-state index in [-0.39, 0.29) is 11.5 Å². The predicted molar refractivity (Wildman–Crippen MR) is 106 cm³/mol. The highest BCUT2D eigenvalue weighted by molar-refractivity contribution is 6.32. The standard InChI is InChI=1S/C20H21ClN2O4/c1-3-27-16-12-13(11-15(21)19(16)26-2)6-7-17(24)23-10-4-5-14-8-9-22-20(25)18(14)23/h6-9,11-12H,3-5,10H2,1-2H3,(H,22,25)/b7-6+. The summed E-state index contributed by atoms with van der Waals surface area (Å²) < 4.78 is 10.8. The molecule has 0 fully saturated rings. The Morgan fingerprint density at radius 1 is 1.41 bits per heavy atom. The quantitative estimate of drug-likeness (QED) is 0.796. The summed E-state index contributed by atoms with van der Waals surface area (Å²) in [6, 6.07) is 5.30. The van der Waals surface area contributed by atoms with Gasteiger partial charge >= 0.3 is 0 Å². The Bertz CT molecular complexity index is 936. The number of nitrogens with one attached hydrogen (secondary N) is 1. The summed E-state index contributed by atoms with van der Waals surface area (Å²) in [5.74, 6) is 0.718. The molecule has 7 heteroatoms. The smallest absolute Gasteiger partial charge is 0.272 e. The molecule has 2 heterocycles. The molecule has 1 amide bonds. The van der Waals surface area contributed by atoms with Crippen molar-refractivity contribution in [2.45, 2.75) is 19.8 Å². The lowest BCUT2D eigenvalue weighted by Crippen LogP contribution is -2.38. The molecule has 0 unspecified atom stereocenters. The Labute approximate surface area is 162 Å².